The Hall–Kier alpha value is -0.443. The van der Waals surface area contributed by atoms with E-state index in [1.165, 1.54) is 5.56 Å². The summed E-state index contributed by atoms with van der Waals surface area (Å²) in [5, 5.41) is 0. The number of hydrogen-bond donors (Lipinski definition) is 1. The minimum absolute atomic E-state index is 0. The van der Waals surface area contributed by atoms with Gasteiger partial charge in [-0.25, -0.2) is 0 Å². The summed E-state index contributed by atoms with van der Waals surface area (Å²) in [4.78, 5) is 2.35. The Kier molecular flexibility index (Phi) is 15.7. The van der Waals surface area contributed by atoms with Crippen molar-refractivity contribution in [2.45, 2.75) is 19.0 Å². The zero-order valence-electron chi connectivity index (χ0n) is 15.4. The smallest absolute Gasteiger partial charge is 0.377 e. The molecule has 8 heteroatoms. The van der Waals surface area contributed by atoms with Gasteiger partial charge in [0, 0.05) is 47.0 Å². The monoisotopic (exact) mass is 410 g/mol. The molecule has 146 valence electrons. The number of rotatable bonds is 12. The molecular weight excluding hydrogens is 379 g/mol. The van der Waals surface area contributed by atoms with Gasteiger partial charge in [-0.3, -0.25) is 4.90 Å². The van der Waals surface area contributed by atoms with Gasteiger partial charge in [0.1, 0.15) is 0 Å². The summed E-state index contributed by atoms with van der Waals surface area (Å²) in [5.74, 6) is 0. The van der Waals surface area contributed by atoms with Gasteiger partial charge in [0.05, 0.1) is 0 Å². The van der Waals surface area contributed by atoms with Crippen molar-refractivity contribution in [3.63, 3.8) is 0 Å². The quantitative estimate of drug-likeness (QED) is 0.536. The van der Waals surface area contributed by atoms with Crippen molar-refractivity contribution < 1.29 is 13.3 Å². The molecule has 0 radical (unpaired) electrons. The summed E-state index contributed by atoms with van der Waals surface area (Å²) in [5.41, 5.74) is 8.15. The molecule has 0 heterocycles. The predicted molar refractivity (Wildman–Crippen MR) is 112 cm³/mol. The van der Waals surface area contributed by atoms with E-state index in [9.17, 15) is 0 Å². The van der Waals surface area contributed by atoms with Crippen LogP contribution in [0, 0.1) is 0 Å². The summed E-state index contributed by atoms with van der Waals surface area (Å²) >= 11 is 0. The molecule has 0 fully saturated rings. The molecule has 0 saturated carbocycles. The van der Waals surface area contributed by atoms with Crippen LogP contribution in [0.2, 0.25) is 6.04 Å². The molecule has 0 atom stereocenters. The molecule has 0 aliphatic carbocycles. The first-order valence-corrected chi connectivity index (χ1v) is 9.85. The molecule has 0 aliphatic rings. The largest absolute Gasteiger partial charge is 0.500 e. The topological polar surface area (TPSA) is 57.0 Å². The van der Waals surface area contributed by atoms with Crippen LogP contribution in [0.5, 0.6) is 0 Å². The summed E-state index contributed by atoms with van der Waals surface area (Å²) in [6.45, 7) is 7.11. The van der Waals surface area contributed by atoms with E-state index in [1.54, 1.807) is 21.3 Å². The highest BCUT2D eigenvalue weighted by Gasteiger charge is 2.36. The molecule has 25 heavy (non-hydrogen) atoms. The zero-order chi connectivity index (χ0) is 17.1. The second kappa shape index (κ2) is 14.7. The third-order valence-corrected chi connectivity index (χ3v) is 6.79. The maximum Gasteiger partial charge on any atom is 0.500 e. The van der Waals surface area contributed by atoms with Crippen LogP contribution in [0.15, 0.2) is 30.8 Å². The van der Waals surface area contributed by atoms with Crippen LogP contribution < -0.4 is 5.73 Å². The lowest BCUT2D eigenvalue weighted by molar-refractivity contribution is 0.121. The maximum atomic E-state index is 5.74. The molecule has 0 aliphatic heterocycles. The highest BCUT2D eigenvalue weighted by Crippen LogP contribution is 2.16. The first kappa shape index (κ1) is 26.8. The van der Waals surface area contributed by atoms with Crippen LogP contribution in [0.4, 0.5) is 0 Å². The standard InChI is InChI=1S/C17H30N2O3Si.2ClH/c1-5-16-7-9-17(10-8-16)15-19(13-11-18)12-6-14-23(20-2,21-3)22-4;;/h5,7-10H,1,6,11-15,18H2,2-4H3;2*1H. The molecule has 0 spiro atoms. The number of halogens is 2. The van der Waals surface area contributed by atoms with E-state index in [0.29, 0.717) is 6.54 Å². The Bertz CT molecular complexity index is 451. The van der Waals surface area contributed by atoms with Crippen molar-refractivity contribution in [3.8, 4) is 0 Å². The van der Waals surface area contributed by atoms with E-state index in [-0.39, 0.29) is 24.8 Å². The van der Waals surface area contributed by atoms with Gasteiger partial charge < -0.3 is 19.0 Å². The Labute approximate surface area is 165 Å². The van der Waals surface area contributed by atoms with Gasteiger partial charge in [-0.05, 0) is 24.1 Å². The van der Waals surface area contributed by atoms with Crippen LogP contribution in [0.1, 0.15) is 17.5 Å². The van der Waals surface area contributed by atoms with Gasteiger partial charge >= 0.3 is 8.80 Å². The number of hydrogen-bond acceptors (Lipinski definition) is 5. The molecule has 0 bridgehead atoms. The average Bonchev–Trinajstić information content (AvgIpc) is 2.60. The zero-order valence-corrected chi connectivity index (χ0v) is 18.0. The molecule has 1 rings (SSSR count). The predicted octanol–water partition coefficient (Wildman–Crippen LogP) is 3.20. The SMILES string of the molecule is C=Cc1ccc(CN(CCN)CCC[Si](OC)(OC)OC)cc1.Cl.Cl. The molecular formula is C17H32Cl2N2O3Si. The van der Waals surface area contributed by atoms with Crippen LogP contribution in [0.25, 0.3) is 6.08 Å². The van der Waals surface area contributed by atoms with E-state index < -0.39 is 8.80 Å². The Balaban J connectivity index is 0. The summed E-state index contributed by atoms with van der Waals surface area (Å²) < 4.78 is 16.4. The molecule has 0 amide bonds. The lowest BCUT2D eigenvalue weighted by Crippen LogP contribution is -2.43. The molecule has 0 unspecified atom stereocenters. The third kappa shape index (κ3) is 9.17. The molecule has 1 aromatic rings. The second-order valence-corrected chi connectivity index (χ2v) is 8.50. The first-order chi connectivity index (χ1) is 11.1. The molecule has 2 N–H and O–H groups in total. The summed E-state index contributed by atoms with van der Waals surface area (Å²) in [7, 11) is 2.47. The van der Waals surface area contributed by atoms with Crippen LogP contribution in [0.3, 0.4) is 0 Å². The summed E-state index contributed by atoms with van der Waals surface area (Å²) in [6, 6.07) is 9.24. The van der Waals surface area contributed by atoms with Gasteiger partial charge in [0.2, 0.25) is 0 Å². The van der Waals surface area contributed by atoms with Crippen LogP contribution in [-0.4, -0.2) is 54.7 Å². The van der Waals surface area contributed by atoms with E-state index in [1.807, 2.05) is 6.08 Å². The Morgan fingerprint density at radius 2 is 1.60 bits per heavy atom. The molecule has 0 aromatic heterocycles. The molecule has 0 saturated heterocycles. The molecule has 1 aromatic carbocycles. The highest BCUT2D eigenvalue weighted by atomic mass is 35.5. The van der Waals surface area contributed by atoms with E-state index in [2.05, 4.69) is 35.7 Å². The number of nitrogens with two attached hydrogens (primary N) is 1. The summed E-state index contributed by atoms with van der Waals surface area (Å²) in [6.07, 6.45) is 2.80. The third-order valence-electron chi connectivity index (χ3n) is 3.96. The Morgan fingerprint density at radius 1 is 1.04 bits per heavy atom. The number of nitrogens with zero attached hydrogens (tertiary/aromatic N) is 1. The van der Waals surface area contributed by atoms with Crippen molar-refractivity contribution in [1.29, 1.82) is 0 Å². The van der Waals surface area contributed by atoms with Crippen molar-refractivity contribution in [2.75, 3.05) is 41.0 Å². The van der Waals surface area contributed by atoms with Gasteiger partial charge in [0.25, 0.3) is 0 Å². The fourth-order valence-electron chi connectivity index (χ4n) is 2.55. The van der Waals surface area contributed by atoms with Crippen molar-refractivity contribution in [3.05, 3.63) is 42.0 Å². The van der Waals surface area contributed by atoms with Crippen molar-refractivity contribution >= 4 is 39.7 Å². The van der Waals surface area contributed by atoms with Gasteiger partial charge in [-0.1, -0.05) is 36.9 Å². The fraction of sp³-hybridized carbons (Fsp3) is 0.529. The average molecular weight is 411 g/mol. The van der Waals surface area contributed by atoms with Crippen molar-refractivity contribution in [2.24, 2.45) is 5.73 Å². The number of benzene rings is 1. The minimum atomic E-state index is -2.48. The van der Waals surface area contributed by atoms with Gasteiger partial charge in [0.15, 0.2) is 0 Å². The van der Waals surface area contributed by atoms with Crippen LogP contribution >= 0.6 is 24.8 Å². The first-order valence-electron chi connectivity index (χ1n) is 7.92. The van der Waals surface area contributed by atoms with Gasteiger partial charge in [-0.15, -0.1) is 24.8 Å². The lowest BCUT2D eigenvalue weighted by Gasteiger charge is -2.26. The minimum Gasteiger partial charge on any atom is -0.377 e. The maximum absolute atomic E-state index is 5.74. The van der Waals surface area contributed by atoms with E-state index in [4.69, 9.17) is 19.0 Å². The normalized spacial score (nSPS) is 10.9. The van der Waals surface area contributed by atoms with Crippen LogP contribution in [-0.2, 0) is 19.8 Å². The highest BCUT2D eigenvalue weighted by molar-refractivity contribution is 6.60. The Morgan fingerprint density at radius 3 is 2.04 bits per heavy atom. The fourth-order valence-corrected chi connectivity index (χ4v) is 4.25. The van der Waals surface area contributed by atoms with Gasteiger partial charge in [-0.2, -0.15) is 0 Å². The molecule has 5 nitrogen and oxygen atoms in total. The van der Waals surface area contributed by atoms with E-state index >= 15 is 0 Å². The van der Waals surface area contributed by atoms with E-state index in [0.717, 1.165) is 37.7 Å². The second-order valence-electron chi connectivity index (χ2n) is 5.41. The van der Waals surface area contributed by atoms with Crippen molar-refractivity contribution in [1.82, 2.24) is 4.90 Å². The lowest BCUT2D eigenvalue weighted by atomic mass is 10.1.